The summed E-state index contributed by atoms with van der Waals surface area (Å²) in [5.41, 5.74) is 5.57. The number of hydrogen-bond acceptors (Lipinski definition) is 11. The van der Waals surface area contributed by atoms with Crippen LogP contribution in [-0.4, -0.2) is 52.9 Å². The van der Waals surface area contributed by atoms with Crippen LogP contribution in [0.2, 0.25) is 0 Å². The number of aryl methyl sites for hydroxylation is 3. The number of fused-ring (bicyclic) bond motifs is 1. The molecule has 0 aliphatic rings. The lowest BCUT2D eigenvalue weighted by molar-refractivity contribution is -0.695. The van der Waals surface area contributed by atoms with Crippen molar-refractivity contribution in [3.8, 4) is 11.5 Å². The van der Waals surface area contributed by atoms with Gasteiger partial charge in [-0.15, -0.1) is 21.5 Å². The van der Waals surface area contributed by atoms with Crippen LogP contribution in [-0.2, 0) is 23.5 Å². The Kier molecular flexibility index (Phi) is 12.1. The van der Waals surface area contributed by atoms with E-state index in [1.165, 1.54) is 50.7 Å². The minimum absolute atomic E-state index is 0.0199. The van der Waals surface area contributed by atoms with Crippen LogP contribution in [0.3, 0.4) is 0 Å². The summed E-state index contributed by atoms with van der Waals surface area (Å²) in [6, 6.07) is 20.9. The number of amides is 3. The van der Waals surface area contributed by atoms with Crippen LogP contribution in [0.25, 0.3) is 10.2 Å². The van der Waals surface area contributed by atoms with Gasteiger partial charge in [-0.2, -0.15) is 0 Å². The van der Waals surface area contributed by atoms with Gasteiger partial charge < -0.3 is 9.47 Å². The molecular weight excluding hydrogens is 773 g/mol. The third-order valence-electron chi connectivity index (χ3n) is 8.71. The van der Waals surface area contributed by atoms with Crippen LogP contribution in [0.15, 0.2) is 95.2 Å². The van der Waals surface area contributed by atoms with Crippen molar-refractivity contribution in [1.29, 1.82) is 0 Å². The highest BCUT2D eigenvalue weighted by atomic mass is 32.2. The van der Waals surface area contributed by atoms with Crippen molar-refractivity contribution in [3.63, 3.8) is 0 Å². The number of rotatable bonds is 15. The van der Waals surface area contributed by atoms with E-state index < -0.39 is 0 Å². The van der Waals surface area contributed by atoms with Crippen molar-refractivity contribution < 1.29 is 23.6 Å². The molecule has 2 N–H and O–H groups in total. The summed E-state index contributed by atoms with van der Waals surface area (Å²) in [6.07, 6.45) is 6.75. The third-order valence-corrected chi connectivity index (χ3v) is 12.6. The van der Waals surface area contributed by atoms with Gasteiger partial charge in [0.05, 0.1) is 48.1 Å². The molecule has 0 radical (unpaired) electrons. The number of thiophene rings is 1. The van der Waals surface area contributed by atoms with Crippen molar-refractivity contribution in [2.75, 3.05) is 35.9 Å². The van der Waals surface area contributed by atoms with Gasteiger partial charge in [-0.05, 0) is 78.4 Å². The van der Waals surface area contributed by atoms with Gasteiger partial charge in [0, 0.05) is 24.8 Å². The number of aromatic amines is 1. The number of hydrogen-bond donors (Lipinski definition) is 2. The lowest BCUT2D eigenvalue weighted by Gasteiger charge is -2.20. The molecule has 55 heavy (non-hydrogen) atoms. The summed E-state index contributed by atoms with van der Waals surface area (Å²) in [4.78, 5) is 39.3. The van der Waals surface area contributed by atoms with Crippen molar-refractivity contribution in [2.24, 2.45) is 0 Å². The maximum absolute atomic E-state index is 14.0. The number of imidazole rings is 1. The number of aromatic nitrogens is 5. The normalized spacial score (nSPS) is 11.1. The Hall–Kier alpha value is -5.29. The zero-order valence-electron chi connectivity index (χ0n) is 30.6. The minimum Gasteiger partial charge on any atom is -0.497 e. The maximum Gasteiger partial charge on any atom is 0.333 e. The van der Waals surface area contributed by atoms with Crippen molar-refractivity contribution in [2.45, 2.75) is 43.3 Å². The van der Waals surface area contributed by atoms with E-state index >= 15 is 0 Å². The molecule has 3 aromatic carbocycles. The Morgan fingerprint density at radius 3 is 2.53 bits per heavy atom. The Balaban J connectivity index is 1.17. The lowest BCUT2D eigenvalue weighted by atomic mass is 10.0. The number of carbonyl (C=O) groups excluding carboxylic acids is 2. The van der Waals surface area contributed by atoms with Crippen LogP contribution in [0, 0.1) is 13.8 Å². The number of methoxy groups -OCH3 is 2. The molecule has 0 aliphatic carbocycles. The molecule has 16 heteroatoms. The maximum atomic E-state index is 14.0. The van der Waals surface area contributed by atoms with Gasteiger partial charge in [-0.1, -0.05) is 58.2 Å². The number of thiazole rings is 1. The van der Waals surface area contributed by atoms with Gasteiger partial charge in [-0.3, -0.25) is 20.0 Å². The fourth-order valence-corrected chi connectivity index (χ4v) is 9.37. The summed E-state index contributed by atoms with van der Waals surface area (Å²) in [7, 11) is 3.24. The number of benzene rings is 3. The van der Waals surface area contributed by atoms with Gasteiger partial charge in [-0.25, -0.2) is 19.2 Å². The second-order valence-electron chi connectivity index (χ2n) is 12.6. The van der Waals surface area contributed by atoms with E-state index in [1.807, 2.05) is 91.7 Å². The molecule has 0 fully saturated rings. The Morgan fingerprint density at radius 1 is 0.964 bits per heavy atom. The van der Waals surface area contributed by atoms with E-state index in [0.29, 0.717) is 49.1 Å². The number of ether oxygens (including phenoxy) is 2. The van der Waals surface area contributed by atoms with Gasteiger partial charge in [0.1, 0.15) is 23.9 Å². The molecular formula is C39H39N8O4S4+. The third kappa shape index (κ3) is 9.33. The molecule has 0 aliphatic heterocycles. The highest BCUT2D eigenvalue weighted by Crippen LogP contribution is 2.38. The molecule has 0 spiro atoms. The first kappa shape index (κ1) is 38.0. The molecule has 282 valence electrons. The van der Waals surface area contributed by atoms with E-state index in [-0.39, 0.29) is 18.4 Å². The first-order valence-electron chi connectivity index (χ1n) is 17.4. The van der Waals surface area contributed by atoms with E-state index in [1.54, 1.807) is 19.1 Å². The molecule has 0 unspecified atom stereocenters. The number of thioether (sulfide) groups is 1. The fraction of sp³-hybridized carbons (Fsp3) is 0.231. The van der Waals surface area contributed by atoms with Crippen LogP contribution in [0.4, 0.5) is 25.7 Å². The summed E-state index contributed by atoms with van der Waals surface area (Å²) >= 11 is 5.69. The van der Waals surface area contributed by atoms with Gasteiger partial charge in [0.25, 0.3) is 0 Å². The number of nitrogens with zero attached hydrogens (tertiary/aromatic N) is 6. The van der Waals surface area contributed by atoms with Gasteiger partial charge in [0.15, 0.2) is 9.47 Å². The average Bonchev–Trinajstić information content (AvgIpc) is 4.03. The molecule has 7 rings (SSSR count). The molecule has 0 bridgehead atoms. The number of anilines is 4. The zero-order valence-corrected chi connectivity index (χ0v) is 33.9. The van der Waals surface area contributed by atoms with E-state index in [4.69, 9.17) is 14.5 Å². The summed E-state index contributed by atoms with van der Waals surface area (Å²) in [5, 5.41) is 15.5. The number of nitrogens with one attached hydrogen (secondary N) is 2. The largest absolute Gasteiger partial charge is 0.497 e. The number of H-pyrrole nitrogens is 1. The molecule has 12 nitrogen and oxygen atoms in total. The SMILES string of the molecule is COc1cc(CSc2nnc(N(C(=O)Nc3cccs3)c3ccc4nc(N(CCC[n+]5cc[nH]c5)C(=O)Cc5ccc(C)cc5C)sc4c3)s2)cc(OC)c1. The Labute approximate surface area is 334 Å². The second kappa shape index (κ2) is 17.5. The lowest BCUT2D eigenvalue weighted by Crippen LogP contribution is -2.37. The molecule has 7 aromatic rings. The van der Waals surface area contributed by atoms with E-state index in [9.17, 15) is 9.59 Å². The molecule has 0 saturated carbocycles. The smallest absolute Gasteiger partial charge is 0.333 e. The second-order valence-corrected chi connectivity index (χ2v) is 16.7. The highest BCUT2D eigenvalue weighted by molar-refractivity contribution is 8.00. The highest BCUT2D eigenvalue weighted by Gasteiger charge is 2.26. The van der Waals surface area contributed by atoms with Gasteiger partial charge >= 0.3 is 6.03 Å². The van der Waals surface area contributed by atoms with Crippen molar-refractivity contribution in [1.82, 2.24) is 20.2 Å². The standard InChI is InChI=1S/C39H38N8O4S4/c1-25-8-9-28(26(2)17-25)20-35(48)46(14-6-13-45-15-12-40-24-45)37-41-32-11-10-29(21-33(32)54-37)47(36(49)42-34-7-5-16-52-34)38-43-44-39(55-38)53-23-27-18-30(50-3)22-31(19-27)51-4/h5,7-12,15-19,21-22,24H,6,13-14,20,23H2,1-4H3,(H,42,49)/p+1. The van der Waals surface area contributed by atoms with Gasteiger partial charge in [0.2, 0.25) is 17.4 Å². The first-order chi connectivity index (χ1) is 26.8. The van der Waals surface area contributed by atoms with Crippen LogP contribution >= 0.6 is 45.8 Å². The van der Waals surface area contributed by atoms with Crippen molar-refractivity contribution in [3.05, 3.63) is 113 Å². The quantitative estimate of drug-likeness (QED) is 0.0598. The first-order valence-corrected chi connectivity index (χ1v) is 20.9. The molecule has 0 atom stereocenters. The van der Waals surface area contributed by atoms with Crippen molar-refractivity contribution >= 4 is 88.9 Å². The summed E-state index contributed by atoms with van der Waals surface area (Å²) < 4.78 is 14.4. The minimum atomic E-state index is -0.371. The fourth-order valence-electron chi connectivity index (χ4n) is 5.93. The van der Waals surface area contributed by atoms with E-state index in [2.05, 4.69) is 38.1 Å². The predicted molar refractivity (Wildman–Crippen MR) is 222 cm³/mol. The number of urea groups is 1. The van der Waals surface area contributed by atoms with Crippen LogP contribution < -0.4 is 29.2 Å². The summed E-state index contributed by atoms with van der Waals surface area (Å²) in [6.45, 7) is 5.34. The molecule has 4 aromatic heterocycles. The molecule has 3 amide bonds. The molecule has 4 heterocycles. The predicted octanol–water partition coefficient (Wildman–Crippen LogP) is 8.79. The summed E-state index contributed by atoms with van der Waals surface area (Å²) in [5.74, 6) is 1.99. The monoisotopic (exact) mass is 811 g/mol. The van der Waals surface area contributed by atoms with Crippen LogP contribution in [0.1, 0.15) is 28.7 Å². The average molecular weight is 812 g/mol. The zero-order chi connectivity index (χ0) is 38.3. The Morgan fingerprint density at radius 2 is 1.80 bits per heavy atom. The molecule has 0 saturated heterocycles. The topological polar surface area (TPSA) is 129 Å². The number of carbonyl (C=O) groups is 2. The van der Waals surface area contributed by atoms with Crippen LogP contribution in [0.5, 0.6) is 11.5 Å². The van der Waals surface area contributed by atoms with E-state index in [0.717, 1.165) is 45.4 Å². The Bertz CT molecular complexity index is 2370.